The van der Waals surface area contributed by atoms with Crippen molar-refractivity contribution >= 4 is 5.91 Å². The van der Waals surface area contributed by atoms with Crippen LogP contribution in [0.25, 0.3) is 0 Å². The van der Waals surface area contributed by atoms with Crippen LogP contribution in [0.15, 0.2) is 24.3 Å². The summed E-state index contributed by atoms with van der Waals surface area (Å²) < 4.78 is 5.58. The lowest BCUT2D eigenvalue weighted by Crippen LogP contribution is -2.34. The van der Waals surface area contributed by atoms with Crippen molar-refractivity contribution in [3.63, 3.8) is 0 Å². The molecular formula is C15H22N2O2. The van der Waals surface area contributed by atoms with Crippen LogP contribution in [0.1, 0.15) is 31.7 Å². The first kappa shape index (κ1) is 13.9. The molecule has 1 aromatic carbocycles. The molecule has 4 heteroatoms. The first-order valence-electron chi connectivity index (χ1n) is 6.99. The average molecular weight is 262 g/mol. The van der Waals surface area contributed by atoms with Gasteiger partial charge in [0.2, 0.25) is 5.91 Å². The molecule has 1 aliphatic rings. The number of benzene rings is 1. The highest BCUT2D eigenvalue weighted by Crippen LogP contribution is 2.18. The molecule has 1 aliphatic carbocycles. The smallest absolute Gasteiger partial charge is 0.234 e. The molecule has 0 aromatic heterocycles. The fourth-order valence-electron chi connectivity index (χ4n) is 1.79. The maximum Gasteiger partial charge on any atom is 0.234 e. The van der Waals surface area contributed by atoms with E-state index in [-0.39, 0.29) is 5.91 Å². The third kappa shape index (κ3) is 5.30. The molecule has 19 heavy (non-hydrogen) atoms. The largest absolute Gasteiger partial charge is 0.494 e. The SMILES string of the molecule is CCCOc1cccc(CNCC(=O)NC2CC2)c1. The van der Waals surface area contributed by atoms with Crippen molar-refractivity contribution < 1.29 is 9.53 Å². The zero-order chi connectivity index (χ0) is 13.5. The van der Waals surface area contributed by atoms with Crippen LogP contribution in [-0.4, -0.2) is 25.1 Å². The van der Waals surface area contributed by atoms with Gasteiger partial charge in [-0.05, 0) is 37.0 Å². The van der Waals surface area contributed by atoms with Crippen LogP contribution in [0.2, 0.25) is 0 Å². The number of carbonyl (C=O) groups excluding carboxylic acids is 1. The second-order valence-corrected chi connectivity index (χ2v) is 4.94. The number of ether oxygens (including phenoxy) is 1. The normalized spacial score (nSPS) is 14.2. The maximum absolute atomic E-state index is 11.5. The summed E-state index contributed by atoms with van der Waals surface area (Å²) in [6, 6.07) is 8.41. The molecule has 0 radical (unpaired) electrons. The fraction of sp³-hybridized carbons (Fsp3) is 0.533. The summed E-state index contributed by atoms with van der Waals surface area (Å²) in [6.07, 6.45) is 3.26. The van der Waals surface area contributed by atoms with E-state index < -0.39 is 0 Å². The van der Waals surface area contributed by atoms with Gasteiger partial charge in [0, 0.05) is 12.6 Å². The minimum Gasteiger partial charge on any atom is -0.494 e. The predicted molar refractivity (Wildman–Crippen MR) is 75.1 cm³/mol. The molecule has 0 bridgehead atoms. The van der Waals surface area contributed by atoms with Crippen molar-refractivity contribution in [3.05, 3.63) is 29.8 Å². The third-order valence-electron chi connectivity index (χ3n) is 2.93. The Morgan fingerprint density at radius 2 is 2.26 bits per heavy atom. The van der Waals surface area contributed by atoms with Gasteiger partial charge in [-0.2, -0.15) is 0 Å². The molecule has 1 saturated carbocycles. The molecule has 0 saturated heterocycles. The molecule has 0 atom stereocenters. The Morgan fingerprint density at radius 1 is 1.42 bits per heavy atom. The molecule has 0 unspecified atom stereocenters. The number of amides is 1. The Hall–Kier alpha value is -1.55. The molecule has 1 amide bonds. The average Bonchev–Trinajstić information content (AvgIpc) is 3.21. The molecule has 0 aliphatic heterocycles. The Balaban J connectivity index is 1.70. The summed E-state index contributed by atoms with van der Waals surface area (Å²) in [7, 11) is 0. The second kappa shape index (κ2) is 7.14. The molecule has 1 fully saturated rings. The summed E-state index contributed by atoms with van der Waals surface area (Å²) in [6.45, 7) is 3.88. The van der Waals surface area contributed by atoms with Crippen molar-refractivity contribution in [2.45, 2.75) is 38.8 Å². The van der Waals surface area contributed by atoms with Gasteiger partial charge in [-0.25, -0.2) is 0 Å². The number of hydrogen-bond acceptors (Lipinski definition) is 3. The third-order valence-corrected chi connectivity index (χ3v) is 2.93. The highest BCUT2D eigenvalue weighted by Gasteiger charge is 2.22. The van der Waals surface area contributed by atoms with E-state index in [4.69, 9.17) is 4.74 Å². The summed E-state index contributed by atoms with van der Waals surface area (Å²) in [4.78, 5) is 11.5. The zero-order valence-electron chi connectivity index (χ0n) is 11.4. The second-order valence-electron chi connectivity index (χ2n) is 4.94. The number of nitrogens with one attached hydrogen (secondary N) is 2. The molecule has 1 aromatic rings. The minimum absolute atomic E-state index is 0.0842. The quantitative estimate of drug-likeness (QED) is 0.751. The van der Waals surface area contributed by atoms with E-state index in [9.17, 15) is 4.79 Å². The van der Waals surface area contributed by atoms with Gasteiger partial charge in [0.05, 0.1) is 13.2 Å². The van der Waals surface area contributed by atoms with E-state index in [0.29, 0.717) is 19.1 Å². The van der Waals surface area contributed by atoms with Gasteiger partial charge in [-0.1, -0.05) is 19.1 Å². The molecule has 0 heterocycles. The lowest BCUT2D eigenvalue weighted by Gasteiger charge is -2.08. The van der Waals surface area contributed by atoms with Crippen LogP contribution >= 0.6 is 0 Å². The Kier molecular flexibility index (Phi) is 5.21. The minimum atomic E-state index is 0.0842. The van der Waals surface area contributed by atoms with Gasteiger partial charge in [0.15, 0.2) is 0 Å². The molecule has 2 rings (SSSR count). The maximum atomic E-state index is 11.5. The van der Waals surface area contributed by atoms with Crippen molar-refractivity contribution in [1.82, 2.24) is 10.6 Å². The fourth-order valence-corrected chi connectivity index (χ4v) is 1.79. The van der Waals surface area contributed by atoms with Crippen LogP contribution in [0, 0.1) is 0 Å². The number of rotatable bonds is 8. The van der Waals surface area contributed by atoms with Crippen molar-refractivity contribution in [1.29, 1.82) is 0 Å². The highest BCUT2D eigenvalue weighted by molar-refractivity contribution is 5.78. The van der Waals surface area contributed by atoms with Crippen molar-refractivity contribution in [3.8, 4) is 5.75 Å². The zero-order valence-corrected chi connectivity index (χ0v) is 11.4. The van der Waals surface area contributed by atoms with Gasteiger partial charge in [0.1, 0.15) is 5.75 Å². The standard InChI is InChI=1S/C15H22N2O2/c1-2-8-19-14-5-3-4-12(9-14)10-16-11-15(18)17-13-6-7-13/h3-5,9,13,16H,2,6-8,10-11H2,1H3,(H,17,18). The number of carbonyl (C=O) groups is 1. The Labute approximate surface area is 114 Å². The molecule has 4 nitrogen and oxygen atoms in total. The molecule has 0 spiro atoms. The lowest BCUT2D eigenvalue weighted by molar-refractivity contribution is -0.120. The molecule has 104 valence electrons. The topological polar surface area (TPSA) is 50.4 Å². The summed E-state index contributed by atoms with van der Waals surface area (Å²) in [5.41, 5.74) is 1.13. The summed E-state index contributed by atoms with van der Waals surface area (Å²) >= 11 is 0. The van der Waals surface area contributed by atoms with E-state index in [1.54, 1.807) is 0 Å². The van der Waals surface area contributed by atoms with E-state index in [2.05, 4.69) is 17.6 Å². The summed E-state index contributed by atoms with van der Waals surface area (Å²) in [5.74, 6) is 0.976. The highest BCUT2D eigenvalue weighted by atomic mass is 16.5. The van der Waals surface area contributed by atoms with Gasteiger partial charge in [0.25, 0.3) is 0 Å². The Morgan fingerprint density at radius 3 is 3.00 bits per heavy atom. The number of hydrogen-bond donors (Lipinski definition) is 2. The van der Waals surface area contributed by atoms with E-state index in [1.165, 1.54) is 0 Å². The molecular weight excluding hydrogens is 240 g/mol. The predicted octanol–water partition coefficient (Wildman–Crippen LogP) is 1.84. The van der Waals surface area contributed by atoms with Gasteiger partial charge in [-0.15, -0.1) is 0 Å². The lowest BCUT2D eigenvalue weighted by atomic mass is 10.2. The van der Waals surface area contributed by atoms with Gasteiger partial charge < -0.3 is 15.4 Å². The van der Waals surface area contributed by atoms with Crippen molar-refractivity contribution in [2.24, 2.45) is 0 Å². The van der Waals surface area contributed by atoms with Gasteiger partial charge >= 0.3 is 0 Å². The van der Waals surface area contributed by atoms with E-state index in [0.717, 1.165) is 37.2 Å². The first-order valence-corrected chi connectivity index (χ1v) is 6.99. The van der Waals surface area contributed by atoms with Crippen LogP contribution in [-0.2, 0) is 11.3 Å². The first-order chi connectivity index (χ1) is 9.28. The van der Waals surface area contributed by atoms with Crippen LogP contribution in [0.3, 0.4) is 0 Å². The Bertz CT molecular complexity index is 416. The van der Waals surface area contributed by atoms with Crippen LogP contribution in [0.5, 0.6) is 5.75 Å². The van der Waals surface area contributed by atoms with E-state index >= 15 is 0 Å². The van der Waals surface area contributed by atoms with E-state index in [1.807, 2.05) is 24.3 Å². The monoisotopic (exact) mass is 262 g/mol. The van der Waals surface area contributed by atoms with Crippen LogP contribution in [0.4, 0.5) is 0 Å². The molecule has 2 N–H and O–H groups in total. The van der Waals surface area contributed by atoms with Crippen molar-refractivity contribution in [2.75, 3.05) is 13.2 Å². The summed E-state index contributed by atoms with van der Waals surface area (Å²) in [5, 5.41) is 6.10. The van der Waals surface area contributed by atoms with Gasteiger partial charge in [-0.3, -0.25) is 4.79 Å². The van der Waals surface area contributed by atoms with Crippen LogP contribution < -0.4 is 15.4 Å².